The van der Waals surface area contributed by atoms with Crippen LogP contribution in [0.25, 0.3) is 0 Å². The van der Waals surface area contributed by atoms with Gasteiger partial charge in [-0.15, -0.1) is 11.3 Å². The number of likely N-dealkylation sites (tertiary alicyclic amines) is 1. The van der Waals surface area contributed by atoms with Crippen molar-refractivity contribution in [2.24, 2.45) is 11.8 Å². The molecule has 7 nitrogen and oxygen atoms in total. The summed E-state index contributed by atoms with van der Waals surface area (Å²) in [4.78, 5) is 14.0. The van der Waals surface area contributed by atoms with Gasteiger partial charge in [0.05, 0.1) is 19.5 Å². The average molecular weight is 444 g/mol. The van der Waals surface area contributed by atoms with Crippen LogP contribution in [-0.4, -0.2) is 69.2 Å². The Morgan fingerprint density at radius 2 is 2.00 bits per heavy atom. The van der Waals surface area contributed by atoms with Gasteiger partial charge < -0.3 is 9.84 Å². The molecule has 3 atom stereocenters. The van der Waals surface area contributed by atoms with E-state index in [9.17, 15) is 21.6 Å². The van der Waals surface area contributed by atoms with Gasteiger partial charge in [0.15, 0.2) is 0 Å². The van der Waals surface area contributed by atoms with Gasteiger partial charge in [0.25, 0.3) is 0 Å². The number of hydrogen-bond donors (Lipinski definition) is 2. The van der Waals surface area contributed by atoms with Crippen LogP contribution in [0.5, 0.6) is 0 Å². The summed E-state index contributed by atoms with van der Waals surface area (Å²) in [5, 5.41) is 7.12. The van der Waals surface area contributed by atoms with Crippen LogP contribution in [0.2, 0.25) is 0 Å². The Morgan fingerprint density at radius 3 is 2.50 bits per heavy atom. The minimum Gasteiger partial charge on any atom is -0.475 e. The highest BCUT2D eigenvalue weighted by Crippen LogP contribution is 2.32. The Hall–Kier alpha value is -1.21. The molecule has 12 heteroatoms. The van der Waals surface area contributed by atoms with Crippen LogP contribution in [-0.2, 0) is 26.1 Å². The van der Waals surface area contributed by atoms with Crippen LogP contribution in [0.1, 0.15) is 9.75 Å². The average Bonchev–Trinajstić information content (AvgIpc) is 3.12. The first-order valence-corrected chi connectivity index (χ1v) is 11.2. The van der Waals surface area contributed by atoms with Crippen molar-refractivity contribution in [2.75, 3.05) is 32.6 Å². The SMILES string of the molecule is Cc1ccc(CN2C[C@@H]3COC[C@@H](NS(C)(=O)=O)[C@@H]3C2)s1.O=C(O)C(F)(F)F. The molecular weight excluding hydrogens is 421 g/mol. The third-order valence-electron chi connectivity index (χ3n) is 4.50. The number of halogens is 3. The van der Waals surface area contributed by atoms with E-state index in [1.54, 1.807) is 0 Å². The minimum atomic E-state index is -5.08. The first-order valence-electron chi connectivity index (χ1n) is 8.48. The number of carbonyl (C=O) groups is 1. The smallest absolute Gasteiger partial charge is 0.475 e. The van der Waals surface area contributed by atoms with Crippen LogP contribution < -0.4 is 4.72 Å². The number of nitrogens with zero attached hydrogens (tertiary/aromatic N) is 1. The van der Waals surface area contributed by atoms with E-state index in [1.165, 1.54) is 16.0 Å². The number of carboxylic acids is 1. The summed E-state index contributed by atoms with van der Waals surface area (Å²) in [6.45, 7) is 6.24. The van der Waals surface area contributed by atoms with Crippen molar-refractivity contribution in [3.05, 3.63) is 21.9 Å². The second-order valence-electron chi connectivity index (χ2n) is 6.97. The summed E-state index contributed by atoms with van der Waals surface area (Å²) in [5.41, 5.74) is 0. The maximum atomic E-state index is 11.5. The van der Waals surface area contributed by atoms with E-state index in [4.69, 9.17) is 14.6 Å². The number of ether oxygens (including phenoxy) is 1. The highest BCUT2D eigenvalue weighted by Gasteiger charge is 2.42. The Bertz CT molecular complexity index is 781. The predicted octanol–water partition coefficient (Wildman–Crippen LogP) is 1.69. The Balaban J connectivity index is 0.000000345. The molecule has 2 aliphatic rings. The summed E-state index contributed by atoms with van der Waals surface area (Å²) in [7, 11) is -3.18. The largest absolute Gasteiger partial charge is 0.490 e. The zero-order valence-electron chi connectivity index (χ0n) is 15.4. The maximum Gasteiger partial charge on any atom is 0.490 e. The molecule has 1 aromatic heterocycles. The normalized spacial score (nSPS) is 25.7. The fraction of sp³-hybridized carbons (Fsp3) is 0.688. The molecule has 0 bridgehead atoms. The van der Waals surface area contributed by atoms with Crippen molar-refractivity contribution in [1.82, 2.24) is 9.62 Å². The summed E-state index contributed by atoms with van der Waals surface area (Å²) < 4.78 is 63.0. The second kappa shape index (κ2) is 9.08. The minimum absolute atomic E-state index is 0.0891. The maximum absolute atomic E-state index is 11.5. The molecule has 2 saturated heterocycles. The Labute approximate surface area is 165 Å². The molecule has 0 radical (unpaired) electrons. The van der Waals surface area contributed by atoms with Crippen molar-refractivity contribution >= 4 is 27.3 Å². The molecule has 0 spiro atoms. The Kier molecular flexibility index (Phi) is 7.48. The lowest BCUT2D eigenvalue weighted by Crippen LogP contribution is -2.49. The summed E-state index contributed by atoms with van der Waals surface area (Å²) in [6, 6.07) is 4.25. The first kappa shape index (κ1) is 23.1. The number of aryl methyl sites for hydroxylation is 1. The van der Waals surface area contributed by atoms with Gasteiger partial charge in [-0.1, -0.05) is 0 Å². The van der Waals surface area contributed by atoms with Crippen LogP contribution in [0.3, 0.4) is 0 Å². The van der Waals surface area contributed by atoms with Gasteiger partial charge in [0, 0.05) is 41.3 Å². The molecule has 1 aromatic rings. The molecule has 28 heavy (non-hydrogen) atoms. The quantitative estimate of drug-likeness (QED) is 0.734. The number of alkyl halides is 3. The predicted molar refractivity (Wildman–Crippen MR) is 97.6 cm³/mol. The number of fused-ring (bicyclic) bond motifs is 1. The summed E-state index contributed by atoms with van der Waals surface area (Å²) in [5.74, 6) is -1.97. The van der Waals surface area contributed by atoms with E-state index in [1.807, 2.05) is 11.3 Å². The van der Waals surface area contributed by atoms with Gasteiger partial charge >= 0.3 is 12.1 Å². The number of sulfonamides is 1. The zero-order chi connectivity index (χ0) is 21.1. The number of thiophene rings is 1. The highest BCUT2D eigenvalue weighted by molar-refractivity contribution is 7.88. The molecule has 2 aliphatic heterocycles. The second-order valence-corrected chi connectivity index (χ2v) is 10.1. The third-order valence-corrected chi connectivity index (χ3v) is 6.21. The number of nitrogens with one attached hydrogen (secondary N) is 1. The topological polar surface area (TPSA) is 95.9 Å². The molecule has 3 heterocycles. The van der Waals surface area contributed by atoms with Gasteiger partial charge in [-0.25, -0.2) is 17.9 Å². The number of hydrogen-bond acceptors (Lipinski definition) is 6. The molecule has 0 amide bonds. The molecule has 0 saturated carbocycles. The molecule has 2 fully saturated rings. The molecule has 2 N–H and O–H groups in total. The van der Waals surface area contributed by atoms with E-state index in [-0.39, 0.29) is 6.04 Å². The van der Waals surface area contributed by atoms with Crippen molar-refractivity contribution < 1.29 is 36.2 Å². The van der Waals surface area contributed by atoms with Crippen molar-refractivity contribution in [3.63, 3.8) is 0 Å². The van der Waals surface area contributed by atoms with Crippen molar-refractivity contribution in [3.8, 4) is 0 Å². The molecule has 0 aliphatic carbocycles. The van der Waals surface area contributed by atoms with Gasteiger partial charge in [-0.2, -0.15) is 13.2 Å². The molecule has 3 rings (SSSR count). The monoisotopic (exact) mass is 444 g/mol. The third kappa shape index (κ3) is 6.99. The van der Waals surface area contributed by atoms with Crippen LogP contribution in [0, 0.1) is 18.8 Å². The Morgan fingerprint density at radius 1 is 1.36 bits per heavy atom. The van der Waals surface area contributed by atoms with E-state index < -0.39 is 22.2 Å². The number of carboxylic acid groups (broad SMARTS) is 1. The van der Waals surface area contributed by atoms with Crippen LogP contribution >= 0.6 is 11.3 Å². The van der Waals surface area contributed by atoms with Gasteiger partial charge in [0.2, 0.25) is 10.0 Å². The van der Waals surface area contributed by atoms with Crippen LogP contribution in [0.15, 0.2) is 12.1 Å². The van der Waals surface area contributed by atoms with E-state index >= 15 is 0 Å². The fourth-order valence-corrected chi connectivity index (χ4v) is 5.13. The molecule has 160 valence electrons. The van der Waals surface area contributed by atoms with Gasteiger partial charge in [-0.05, 0) is 25.0 Å². The molecule has 0 aromatic carbocycles. The van der Waals surface area contributed by atoms with Crippen molar-refractivity contribution in [1.29, 1.82) is 0 Å². The van der Waals surface area contributed by atoms with Crippen molar-refractivity contribution in [2.45, 2.75) is 25.7 Å². The van der Waals surface area contributed by atoms with E-state index in [0.717, 1.165) is 26.2 Å². The number of aliphatic carboxylic acids is 1. The lowest BCUT2D eigenvalue weighted by Gasteiger charge is -2.32. The number of rotatable bonds is 4. The lowest BCUT2D eigenvalue weighted by atomic mass is 9.88. The van der Waals surface area contributed by atoms with E-state index in [2.05, 4.69) is 28.7 Å². The summed E-state index contributed by atoms with van der Waals surface area (Å²) >= 11 is 1.83. The van der Waals surface area contributed by atoms with Gasteiger partial charge in [0.1, 0.15) is 0 Å². The highest BCUT2D eigenvalue weighted by atomic mass is 32.2. The first-order chi connectivity index (χ1) is 12.8. The van der Waals surface area contributed by atoms with E-state index in [0.29, 0.717) is 18.4 Å². The van der Waals surface area contributed by atoms with Crippen LogP contribution in [0.4, 0.5) is 13.2 Å². The molecular formula is C16H23F3N2O5S2. The zero-order valence-corrected chi connectivity index (χ0v) is 17.0. The molecule has 0 unspecified atom stereocenters. The van der Waals surface area contributed by atoms with Gasteiger partial charge in [-0.3, -0.25) is 4.90 Å². The summed E-state index contributed by atoms with van der Waals surface area (Å²) in [6.07, 6.45) is -3.86. The lowest BCUT2D eigenvalue weighted by molar-refractivity contribution is -0.192. The standard InChI is InChI=1S/C14H22N2O3S2.C2HF3O2/c1-10-3-4-12(20-10)6-16-5-11-8-19-9-14(13(11)7-16)15-21(2,17)18;3-2(4,5)1(6)7/h3-4,11,13-15H,5-9H2,1-2H3;(H,6,7)/t11-,13-,14-;/m1./s1. The fourth-order valence-electron chi connectivity index (χ4n) is 3.41.